The number of nitrogens with one attached hydrogen (secondary N) is 1. The average molecular weight is 477 g/mol. The molecule has 2 saturated heterocycles. The fourth-order valence-corrected chi connectivity index (χ4v) is 5.94. The van der Waals surface area contributed by atoms with Crippen LogP contribution >= 0.6 is 0 Å². The quantitative estimate of drug-likeness (QED) is 0.663. The number of urea groups is 1. The van der Waals surface area contributed by atoms with Crippen LogP contribution in [0.25, 0.3) is 0 Å². The first kappa shape index (κ1) is 22.8. The van der Waals surface area contributed by atoms with Crippen molar-refractivity contribution in [3.8, 4) is 0 Å². The molecule has 2 atom stereocenters. The van der Waals surface area contributed by atoms with E-state index in [1.807, 2.05) is 0 Å². The van der Waals surface area contributed by atoms with Crippen molar-refractivity contribution in [2.24, 2.45) is 0 Å². The fraction of sp³-hybridized carbons (Fsp3) is 0.318. The highest BCUT2D eigenvalue weighted by molar-refractivity contribution is 7.91. The lowest BCUT2D eigenvalue weighted by Gasteiger charge is -2.30. The average Bonchev–Trinajstić information content (AvgIpc) is 3.22. The number of benzene rings is 2. The summed E-state index contributed by atoms with van der Waals surface area (Å²) in [6.07, 6.45) is 0.218. The van der Waals surface area contributed by atoms with Crippen molar-refractivity contribution < 1.29 is 31.6 Å². The normalized spacial score (nSPS) is 24.1. The van der Waals surface area contributed by atoms with E-state index >= 15 is 0 Å². The molecule has 0 aromatic heterocycles. The highest BCUT2D eigenvalue weighted by atomic mass is 32.2. The molecular weight excluding hydrogens is 456 g/mol. The predicted molar refractivity (Wildman–Crippen MR) is 115 cm³/mol. The second kappa shape index (κ2) is 8.22. The maximum Gasteiger partial charge on any atom is 0.325 e. The van der Waals surface area contributed by atoms with E-state index in [1.165, 1.54) is 11.8 Å². The van der Waals surface area contributed by atoms with Gasteiger partial charge in [-0.2, -0.15) is 0 Å². The first-order chi connectivity index (χ1) is 15.5. The van der Waals surface area contributed by atoms with Crippen LogP contribution in [0.4, 0.5) is 19.3 Å². The second-order valence-electron chi connectivity index (χ2n) is 8.23. The summed E-state index contributed by atoms with van der Waals surface area (Å²) in [5.74, 6) is -3.58. The molecule has 1 N–H and O–H groups in total. The Labute approximate surface area is 189 Å². The molecule has 2 heterocycles. The van der Waals surface area contributed by atoms with Crippen molar-refractivity contribution >= 4 is 33.4 Å². The van der Waals surface area contributed by atoms with Crippen molar-refractivity contribution in [3.05, 3.63) is 65.7 Å². The van der Waals surface area contributed by atoms with Crippen LogP contribution in [0.5, 0.6) is 0 Å². The Hall–Kier alpha value is -3.34. The minimum atomic E-state index is -3.33. The van der Waals surface area contributed by atoms with Crippen LogP contribution in [-0.2, 0) is 25.0 Å². The fourth-order valence-electron chi connectivity index (χ4n) is 4.24. The predicted octanol–water partition coefficient (Wildman–Crippen LogP) is 1.95. The van der Waals surface area contributed by atoms with Crippen LogP contribution in [-0.4, -0.2) is 55.3 Å². The number of anilines is 1. The number of imide groups is 1. The second-order valence-corrected chi connectivity index (χ2v) is 10.5. The van der Waals surface area contributed by atoms with Gasteiger partial charge in [-0.3, -0.25) is 14.5 Å². The van der Waals surface area contributed by atoms with Gasteiger partial charge in [-0.05, 0) is 43.7 Å². The Morgan fingerprint density at radius 3 is 2.52 bits per heavy atom. The lowest BCUT2D eigenvalue weighted by molar-refractivity contribution is -0.134. The molecule has 2 aromatic rings. The van der Waals surface area contributed by atoms with E-state index in [1.54, 1.807) is 30.3 Å². The van der Waals surface area contributed by atoms with E-state index in [0.29, 0.717) is 10.6 Å². The Morgan fingerprint density at radius 1 is 1.18 bits per heavy atom. The third kappa shape index (κ3) is 4.20. The van der Waals surface area contributed by atoms with Gasteiger partial charge in [0.1, 0.15) is 23.7 Å². The number of amides is 4. The molecule has 2 unspecified atom stereocenters. The van der Waals surface area contributed by atoms with Gasteiger partial charge in [-0.15, -0.1) is 0 Å². The number of hydrogen-bond donors (Lipinski definition) is 1. The van der Waals surface area contributed by atoms with Crippen LogP contribution in [0.15, 0.2) is 48.5 Å². The summed E-state index contributed by atoms with van der Waals surface area (Å²) < 4.78 is 52.1. The van der Waals surface area contributed by atoms with Crippen molar-refractivity contribution in [2.75, 3.05) is 23.0 Å². The smallest absolute Gasteiger partial charge is 0.319 e. The Morgan fingerprint density at radius 2 is 1.88 bits per heavy atom. The number of nitrogens with zero attached hydrogens (tertiary/aromatic N) is 2. The molecule has 0 radical (unpaired) electrons. The lowest BCUT2D eigenvalue weighted by Crippen LogP contribution is -2.48. The monoisotopic (exact) mass is 477 g/mol. The van der Waals surface area contributed by atoms with E-state index in [-0.39, 0.29) is 23.5 Å². The number of carbonyl (C=O) groups is 3. The van der Waals surface area contributed by atoms with Crippen LogP contribution in [0, 0.1) is 11.6 Å². The van der Waals surface area contributed by atoms with Crippen molar-refractivity contribution in [2.45, 2.75) is 24.9 Å². The molecule has 2 aliphatic heterocycles. The van der Waals surface area contributed by atoms with Crippen LogP contribution in [0.3, 0.4) is 0 Å². The Kier molecular flexibility index (Phi) is 5.69. The summed E-state index contributed by atoms with van der Waals surface area (Å²) in [6.45, 7) is 0.538. The lowest BCUT2D eigenvalue weighted by atomic mass is 9.91. The van der Waals surface area contributed by atoms with Gasteiger partial charge in [0.05, 0.1) is 17.5 Å². The summed E-state index contributed by atoms with van der Waals surface area (Å²) in [7, 11) is -3.33. The number of hydrogen-bond acceptors (Lipinski definition) is 5. The molecule has 11 heteroatoms. The molecule has 0 spiro atoms. The van der Waals surface area contributed by atoms with Crippen molar-refractivity contribution in [3.63, 3.8) is 0 Å². The van der Waals surface area contributed by atoms with Gasteiger partial charge in [-0.25, -0.2) is 22.0 Å². The van der Waals surface area contributed by atoms with Gasteiger partial charge in [0.2, 0.25) is 5.91 Å². The molecule has 174 valence electrons. The minimum Gasteiger partial charge on any atom is -0.319 e. The SMILES string of the molecule is CC1(c2cc(F)ccc2F)NC(=O)N(CC(=O)N(c2ccccc2)C2CCS(=O)(=O)C2)C1=O. The van der Waals surface area contributed by atoms with Gasteiger partial charge >= 0.3 is 6.03 Å². The summed E-state index contributed by atoms with van der Waals surface area (Å²) >= 11 is 0. The first-order valence-electron chi connectivity index (χ1n) is 10.2. The summed E-state index contributed by atoms with van der Waals surface area (Å²) in [6, 6.07) is 9.30. The molecular formula is C22H21F2N3O5S. The standard InChI is InChI=1S/C22H21F2N3O5S/c1-22(17-11-14(23)7-8-18(17)24)20(29)26(21(30)25-22)12-19(28)27(15-5-3-2-4-6-15)16-9-10-33(31,32)13-16/h2-8,11,16H,9-10,12-13H2,1H3,(H,25,30). The molecule has 0 saturated carbocycles. The van der Waals surface area contributed by atoms with Gasteiger partial charge in [0.25, 0.3) is 5.91 Å². The van der Waals surface area contributed by atoms with Crippen molar-refractivity contribution in [1.29, 1.82) is 0 Å². The van der Waals surface area contributed by atoms with Gasteiger partial charge in [-0.1, -0.05) is 18.2 Å². The maximum absolute atomic E-state index is 14.4. The molecule has 0 bridgehead atoms. The number of sulfone groups is 1. The summed E-state index contributed by atoms with van der Waals surface area (Å²) in [5.41, 5.74) is -1.84. The van der Waals surface area contributed by atoms with Gasteiger partial charge < -0.3 is 10.2 Å². The Balaban J connectivity index is 1.63. The zero-order valence-electron chi connectivity index (χ0n) is 17.6. The largest absolute Gasteiger partial charge is 0.325 e. The third-order valence-electron chi connectivity index (χ3n) is 5.91. The van der Waals surface area contributed by atoms with Crippen LogP contribution in [0.2, 0.25) is 0 Å². The first-order valence-corrected chi connectivity index (χ1v) is 12.0. The van der Waals surface area contributed by atoms with E-state index in [0.717, 1.165) is 18.2 Å². The zero-order valence-corrected chi connectivity index (χ0v) is 18.4. The molecule has 2 aliphatic rings. The summed E-state index contributed by atoms with van der Waals surface area (Å²) in [5, 5.41) is 2.35. The molecule has 4 rings (SSSR count). The van der Waals surface area contributed by atoms with Crippen LogP contribution < -0.4 is 10.2 Å². The molecule has 8 nitrogen and oxygen atoms in total. The van der Waals surface area contributed by atoms with Crippen molar-refractivity contribution in [1.82, 2.24) is 10.2 Å². The minimum absolute atomic E-state index is 0.0751. The highest BCUT2D eigenvalue weighted by Crippen LogP contribution is 2.32. The third-order valence-corrected chi connectivity index (χ3v) is 7.66. The van der Waals surface area contributed by atoms with Gasteiger partial charge in [0.15, 0.2) is 9.84 Å². The highest BCUT2D eigenvalue weighted by Gasteiger charge is 2.51. The van der Waals surface area contributed by atoms with Crippen LogP contribution in [0.1, 0.15) is 18.9 Å². The van der Waals surface area contributed by atoms with Gasteiger partial charge in [0, 0.05) is 11.3 Å². The number of para-hydroxylation sites is 1. The van der Waals surface area contributed by atoms with E-state index < -0.39 is 57.4 Å². The maximum atomic E-state index is 14.4. The molecule has 33 heavy (non-hydrogen) atoms. The van der Waals surface area contributed by atoms with E-state index in [2.05, 4.69) is 5.32 Å². The molecule has 0 aliphatic carbocycles. The number of rotatable bonds is 5. The van der Waals surface area contributed by atoms with E-state index in [4.69, 9.17) is 0 Å². The Bertz CT molecular complexity index is 1240. The topological polar surface area (TPSA) is 104 Å². The molecule has 4 amide bonds. The number of halogens is 2. The number of carbonyl (C=O) groups excluding carboxylic acids is 3. The molecule has 2 aromatic carbocycles. The summed E-state index contributed by atoms with van der Waals surface area (Å²) in [4.78, 5) is 40.9. The molecule has 2 fully saturated rings. The zero-order chi connectivity index (χ0) is 24.0. The van der Waals surface area contributed by atoms with E-state index in [9.17, 15) is 31.6 Å².